The van der Waals surface area contributed by atoms with E-state index in [1.165, 1.54) is 4.90 Å². The van der Waals surface area contributed by atoms with E-state index in [0.29, 0.717) is 32.3 Å². The minimum absolute atomic E-state index is 0.0629. The second kappa shape index (κ2) is 6.59. The Morgan fingerprint density at radius 3 is 2.91 bits per heavy atom. The molecule has 3 rings (SSSR count). The molecule has 0 spiro atoms. The lowest BCUT2D eigenvalue weighted by Gasteiger charge is -2.33. The molecule has 8 nitrogen and oxygen atoms in total. The zero-order chi connectivity index (χ0) is 15.4. The van der Waals surface area contributed by atoms with Crippen LogP contribution in [0.3, 0.4) is 0 Å². The molecule has 0 saturated carbocycles. The molecule has 1 atom stereocenters. The van der Waals surface area contributed by atoms with E-state index >= 15 is 0 Å². The van der Waals surface area contributed by atoms with Gasteiger partial charge in [0, 0.05) is 18.9 Å². The molecule has 118 valence electrons. The normalized spacial score (nSPS) is 21.6. The SMILES string of the molecule is O=C(CN1CCOC1=O)N1CCCC(Oc2ncccn2)C1. The summed E-state index contributed by atoms with van der Waals surface area (Å²) in [6, 6.07) is 2.04. The van der Waals surface area contributed by atoms with Gasteiger partial charge in [-0.1, -0.05) is 0 Å². The number of hydrogen-bond donors (Lipinski definition) is 0. The maximum absolute atomic E-state index is 12.3. The van der Waals surface area contributed by atoms with E-state index in [1.54, 1.807) is 23.4 Å². The molecule has 0 bridgehead atoms. The summed E-state index contributed by atoms with van der Waals surface area (Å²) in [4.78, 5) is 34.9. The van der Waals surface area contributed by atoms with Crippen molar-refractivity contribution in [3.8, 4) is 6.01 Å². The predicted octanol–water partition coefficient (Wildman–Crippen LogP) is 0.299. The molecule has 8 heteroatoms. The van der Waals surface area contributed by atoms with Crippen molar-refractivity contribution in [3.63, 3.8) is 0 Å². The first-order valence-corrected chi connectivity index (χ1v) is 7.35. The fraction of sp³-hybridized carbons (Fsp3) is 0.571. The number of cyclic esters (lactones) is 1. The quantitative estimate of drug-likeness (QED) is 0.795. The van der Waals surface area contributed by atoms with Crippen LogP contribution in [-0.2, 0) is 9.53 Å². The lowest BCUT2D eigenvalue weighted by Crippen LogP contribution is -2.48. The number of piperidine rings is 1. The second-order valence-corrected chi connectivity index (χ2v) is 5.29. The standard InChI is InChI=1S/C14H18N4O4/c19-12(10-18-7-8-21-14(18)20)17-6-1-3-11(9-17)22-13-15-4-2-5-16-13/h2,4-5,11H,1,3,6-10H2. The highest BCUT2D eigenvalue weighted by molar-refractivity contribution is 5.83. The average Bonchev–Trinajstić information content (AvgIpc) is 2.94. The number of hydrogen-bond acceptors (Lipinski definition) is 6. The van der Waals surface area contributed by atoms with Crippen molar-refractivity contribution < 1.29 is 19.1 Å². The van der Waals surface area contributed by atoms with Gasteiger partial charge in [-0.15, -0.1) is 0 Å². The number of amides is 2. The lowest BCUT2D eigenvalue weighted by atomic mass is 10.1. The maximum Gasteiger partial charge on any atom is 0.410 e. The molecule has 1 unspecified atom stereocenters. The second-order valence-electron chi connectivity index (χ2n) is 5.29. The molecule has 2 fully saturated rings. The summed E-state index contributed by atoms with van der Waals surface area (Å²) in [5.41, 5.74) is 0. The molecule has 22 heavy (non-hydrogen) atoms. The Hall–Kier alpha value is -2.38. The van der Waals surface area contributed by atoms with Crippen molar-refractivity contribution in [2.45, 2.75) is 18.9 Å². The van der Waals surface area contributed by atoms with Crippen molar-refractivity contribution in [2.24, 2.45) is 0 Å². The van der Waals surface area contributed by atoms with Crippen LogP contribution in [0.15, 0.2) is 18.5 Å². The van der Waals surface area contributed by atoms with Crippen molar-refractivity contribution in [2.75, 3.05) is 32.8 Å². The fourth-order valence-corrected chi connectivity index (χ4v) is 2.59. The Bertz CT molecular complexity index is 539. The first-order chi connectivity index (χ1) is 10.7. The van der Waals surface area contributed by atoms with Crippen LogP contribution >= 0.6 is 0 Å². The van der Waals surface area contributed by atoms with Gasteiger partial charge in [0.1, 0.15) is 19.3 Å². The number of likely N-dealkylation sites (tertiary alicyclic amines) is 1. The van der Waals surface area contributed by atoms with Crippen molar-refractivity contribution in [1.82, 2.24) is 19.8 Å². The van der Waals surface area contributed by atoms with Crippen molar-refractivity contribution in [3.05, 3.63) is 18.5 Å². The smallest absolute Gasteiger partial charge is 0.410 e. The number of rotatable bonds is 4. The Morgan fingerprint density at radius 2 is 2.18 bits per heavy atom. The summed E-state index contributed by atoms with van der Waals surface area (Å²) in [7, 11) is 0. The molecule has 2 amide bonds. The van der Waals surface area contributed by atoms with Crippen molar-refractivity contribution in [1.29, 1.82) is 0 Å². The average molecular weight is 306 g/mol. The van der Waals surface area contributed by atoms with Gasteiger partial charge in [-0.25, -0.2) is 14.8 Å². The van der Waals surface area contributed by atoms with Gasteiger partial charge in [-0.05, 0) is 18.9 Å². The molecule has 1 aromatic rings. The Kier molecular flexibility index (Phi) is 4.36. The molecular formula is C14H18N4O4. The van der Waals surface area contributed by atoms with Crippen molar-refractivity contribution >= 4 is 12.0 Å². The minimum atomic E-state index is -0.421. The zero-order valence-electron chi connectivity index (χ0n) is 12.2. The van der Waals surface area contributed by atoms with Gasteiger partial charge in [0.15, 0.2) is 0 Å². The number of ether oxygens (including phenoxy) is 2. The van der Waals surface area contributed by atoms with Crippen LogP contribution in [-0.4, -0.2) is 70.7 Å². The Balaban J connectivity index is 1.53. The summed E-state index contributed by atoms with van der Waals surface area (Å²) in [6.45, 7) is 2.05. The largest absolute Gasteiger partial charge is 0.458 e. The molecular weight excluding hydrogens is 288 g/mol. The number of carbonyl (C=O) groups is 2. The van der Waals surface area contributed by atoms with Crippen LogP contribution in [0, 0.1) is 0 Å². The topological polar surface area (TPSA) is 84.9 Å². The first-order valence-electron chi connectivity index (χ1n) is 7.35. The van der Waals surface area contributed by atoms with Gasteiger partial charge in [-0.2, -0.15) is 0 Å². The fourth-order valence-electron chi connectivity index (χ4n) is 2.59. The van der Waals surface area contributed by atoms with Gasteiger partial charge >= 0.3 is 12.1 Å². The van der Waals surface area contributed by atoms with E-state index in [2.05, 4.69) is 9.97 Å². The number of carbonyl (C=O) groups excluding carboxylic acids is 2. The molecule has 0 radical (unpaired) electrons. The molecule has 0 aliphatic carbocycles. The van der Waals surface area contributed by atoms with Gasteiger partial charge < -0.3 is 14.4 Å². The van der Waals surface area contributed by atoms with E-state index < -0.39 is 6.09 Å². The highest BCUT2D eigenvalue weighted by Crippen LogP contribution is 2.16. The Morgan fingerprint density at radius 1 is 1.36 bits per heavy atom. The van der Waals surface area contributed by atoms with Crippen LogP contribution in [0.25, 0.3) is 0 Å². The predicted molar refractivity (Wildman–Crippen MR) is 75.2 cm³/mol. The van der Waals surface area contributed by atoms with Gasteiger partial charge in [0.2, 0.25) is 5.91 Å². The van der Waals surface area contributed by atoms with Gasteiger partial charge in [0.25, 0.3) is 0 Å². The number of nitrogens with zero attached hydrogens (tertiary/aromatic N) is 4. The van der Waals surface area contributed by atoms with Crippen LogP contribution in [0.1, 0.15) is 12.8 Å². The van der Waals surface area contributed by atoms with E-state index in [-0.39, 0.29) is 18.6 Å². The zero-order valence-corrected chi connectivity index (χ0v) is 12.2. The van der Waals surface area contributed by atoms with Crippen LogP contribution in [0.4, 0.5) is 4.79 Å². The first kappa shape index (κ1) is 14.6. The molecule has 2 saturated heterocycles. The van der Waals surface area contributed by atoms with E-state index in [9.17, 15) is 9.59 Å². The molecule has 1 aromatic heterocycles. The van der Waals surface area contributed by atoms with Crippen LogP contribution in [0.5, 0.6) is 6.01 Å². The molecule has 2 aliphatic rings. The summed E-state index contributed by atoms with van der Waals surface area (Å²) in [5, 5.41) is 0. The highest BCUT2D eigenvalue weighted by Gasteiger charge is 2.29. The minimum Gasteiger partial charge on any atom is -0.458 e. The summed E-state index contributed by atoms with van der Waals surface area (Å²) < 4.78 is 10.5. The third-order valence-corrected chi connectivity index (χ3v) is 3.72. The molecule has 0 aromatic carbocycles. The highest BCUT2D eigenvalue weighted by atomic mass is 16.6. The van der Waals surface area contributed by atoms with Crippen LogP contribution < -0.4 is 4.74 Å². The third kappa shape index (κ3) is 3.44. The van der Waals surface area contributed by atoms with Gasteiger partial charge in [-0.3, -0.25) is 9.69 Å². The number of aromatic nitrogens is 2. The van der Waals surface area contributed by atoms with E-state index in [0.717, 1.165) is 12.8 Å². The summed E-state index contributed by atoms with van der Waals surface area (Å²) in [6.07, 6.45) is 4.41. The molecule has 3 heterocycles. The Labute approximate surface area is 128 Å². The lowest BCUT2D eigenvalue weighted by molar-refractivity contribution is -0.134. The molecule has 0 N–H and O–H groups in total. The molecule has 2 aliphatic heterocycles. The van der Waals surface area contributed by atoms with Crippen LogP contribution in [0.2, 0.25) is 0 Å². The third-order valence-electron chi connectivity index (χ3n) is 3.72. The van der Waals surface area contributed by atoms with Gasteiger partial charge in [0.05, 0.1) is 13.1 Å². The van der Waals surface area contributed by atoms with E-state index in [1.807, 2.05) is 0 Å². The summed E-state index contributed by atoms with van der Waals surface area (Å²) in [5.74, 6) is -0.0823. The summed E-state index contributed by atoms with van der Waals surface area (Å²) >= 11 is 0. The van der Waals surface area contributed by atoms with E-state index in [4.69, 9.17) is 9.47 Å². The monoisotopic (exact) mass is 306 g/mol. The maximum atomic E-state index is 12.3.